The Labute approximate surface area is 584 Å². The van der Waals surface area contributed by atoms with Crippen LogP contribution in [0.15, 0.2) is 388 Å². The quantitative estimate of drug-likeness (QED) is 0.0795. The molecule has 4 heteroatoms. The van der Waals surface area contributed by atoms with Crippen LogP contribution in [0.1, 0.15) is 0 Å². The Morgan fingerprint density at radius 1 is 0.160 bits per heavy atom. The van der Waals surface area contributed by atoms with Crippen LogP contribution in [0.4, 0.5) is 56.9 Å². The smallest absolute Gasteiger partial charge is 0.0494 e. The molecule has 100 heavy (non-hydrogen) atoms. The molecule has 0 unspecified atom stereocenters. The Kier molecular flexibility index (Phi) is 16.1. The summed E-state index contributed by atoms with van der Waals surface area (Å²) in [7, 11) is 4.33. The fourth-order valence-corrected chi connectivity index (χ4v) is 14.8. The highest BCUT2D eigenvalue weighted by Gasteiger charge is 2.20. The van der Waals surface area contributed by atoms with Crippen LogP contribution in [0.5, 0.6) is 0 Å². The van der Waals surface area contributed by atoms with E-state index in [1.54, 1.807) is 0 Å². The molecule has 4 nitrogen and oxygen atoms in total. The van der Waals surface area contributed by atoms with Gasteiger partial charge in [-0.05, 0) is 208 Å². The van der Waals surface area contributed by atoms with E-state index in [1.807, 2.05) is 0 Å². The van der Waals surface area contributed by atoms with Gasteiger partial charge in [0, 0.05) is 81.7 Å². The van der Waals surface area contributed by atoms with Crippen molar-refractivity contribution in [3.63, 3.8) is 0 Å². The van der Waals surface area contributed by atoms with E-state index in [0.29, 0.717) is 0 Å². The molecule has 0 heterocycles. The van der Waals surface area contributed by atoms with Gasteiger partial charge in [0.1, 0.15) is 0 Å². The van der Waals surface area contributed by atoms with Gasteiger partial charge < -0.3 is 19.6 Å². The van der Waals surface area contributed by atoms with Gasteiger partial charge in [0.15, 0.2) is 0 Å². The van der Waals surface area contributed by atoms with Crippen molar-refractivity contribution in [2.75, 3.05) is 33.7 Å². The SMILES string of the molecule is CN(c1ccc(-c2ccc(N(c3ccccc3)c3cccc(-c4ccccc4)c3)cc2)cc1)c1cc2ccccc2c2ccccc12.CN(c1ccc(-c2ccc(N(c3ccccc3)c3cccc(-c4ccccc4)c3)cc2)cc1)c1ccc2c3cccc4cccc(c5cccc1c52)c43. The standard InChI is InChI=1S/C51H36N2.C45H34N2/c1-52(49-33-32-47-45-21-10-15-38-14-9-20-44(50(38)45)46-22-11-23-48(49)51(46)47)40-28-24-36(25-29-40)37-26-30-42(31-27-37)53(41-17-6-3-7-18-41)43-19-8-16-39(34-43)35-12-4-2-5-13-35;1-46(45-32-37-15-8-9-20-42(37)43-21-10-11-22-44(43)45)38-27-23-34(24-28-38)35-25-29-40(30-26-35)47(39-17-6-3-7-18-39)41-19-12-16-36(31-41)33-13-4-2-5-14-33/h2-34H,1H3;2-32H,1H3. The average molecular weight is 1280 g/mol. The van der Waals surface area contributed by atoms with E-state index in [9.17, 15) is 0 Å². The van der Waals surface area contributed by atoms with Gasteiger partial charge in [-0.3, -0.25) is 0 Å². The van der Waals surface area contributed by atoms with Crippen LogP contribution < -0.4 is 19.6 Å². The molecule has 0 fully saturated rings. The summed E-state index contributed by atoms with van der Waals surface area (Å²) in [5.74, 6) is 0. The van der Waals surface area contributed by atoms with Crippen molar-refractivity contribution in [3.8, 4) is 44.5 Å². The van der Waals surface area contributed by atoms with Crippen molar-refractivity contribution >= 4 is 122 Å². The van der Waals surface area contributed by atoms with Gasteiger partial charge in [-0.2, -0.15) is 0 Å². The van der Waals surface area contributed by atoms with Crippen molar-refractivity contribution < 1.29 is 0 Å². The number of benzene rings is 18. The van der Waals surface area contributed by atoms with E-state index in [4.69, 9.17) is 0 Å². The summed E-state index contributed by atoms with van der Waals surface area (Å²) >= 11 is 0. The molecule has 0 radical (unpaired) electrons. The van der Waals surface area contributed by atoms with Crippen LogP contribution in [-0.2, 0) is 0 Å². The van der Waals surface area contributed by atoms with Crippen LogP contribution >= 0.6 is 0 Å². The molecule has 18 rings (SSSR count). The third kappa shape index (κ3) is 11.5. The Bertz CT molecular complexity index is 5850. The highest BCUT2D eigenvalue weighted by Crippen LogP contribution is 2.46. The molecule has 0 amide bonds. The summed E-state index contributed by atoms with van der Waals surface area (Å²) in [6.07, 6.45) is 0. The highest BCUT2D eigenvalue weighted by molar-refractivity contribution is 6.34. The second-order valence-electron chi connectivity index (χ2n) is 25.7. The minimum atomic E-state index is 1.11. The second-order valence-corrected chi connectivity index (χ2v) is 25.7. The van der Waals surface area contributed by atoms with Crippen LogP contribution in [0.25, 0.3) is 109 Å². The fraction of sp³-hybridized carbons (Fsp3) is 0.0208. The van der Waals surface area contributed by atoms with Gasteiger partial charge in [-0.25, -0.2) is 0 Å². The molecule has 0 spiro atoms. The van der Waals surface area contributed by atoms with Gasteiger partial charge in [0.2, 0.25) is 0 Å². The van der Waals surface area contributed by atoms with Crippen molar-refractivity contribution in [2.24, 2.45) is 0 Å². The Hall–Kier alpha value is -13.0. The zero-order valence-electron chi connectivity index (χ0n) is 55.7. The summed E-state index contributed by atoms with van der Waals surface area (Å²) in [5.41, 5.74) is 21.0. The predicted molar refractivity (Wildman–Crippen MR) is 429 cm³/mol. The van der Waals surface area contributed by atoms with Crippen molar-refractivity contribution in [3.05, 3.63) is 388 Å². The summed E-state index contributed by atoms with van der Waals surface area (Å²) < 4.78 is 0. The summed E-state index contributed by atoms with van der Waals surface area (Å²) in [5, 5.41) is 15.6. The molecular formula is C96H70N4. The second kappa shape index (κ2) is 26.5. The van der Waals surface area contributed by atoms with Crippen LogP contribution in [0, 0.1) is 0 Å². The van der Waals surface area contributed by atoms with Gasteiger partial charge >= 0.3 is 0 Å². The van der Waals surface area contributed by atoms with Crippen molar-refractivity contribution in [1.29, 1.82) is 0 Å². The molecule has 0 N–H and O–H groups in total. The maximum atomic E-state index is 2.33. The third-order valence-corrected chi connectivity index (χ3v) is 19.9. The first kappa shape index (κ1) is 60.6. The molecule has 0 aromatic heterocycles. The van der Waals surface area contributed by atoms with E-state index >= 15 is 0 Å². The number of rotatable bonds is 14. The Morgan fingerprint density at radius 2 is 0.470 bits per heavy atom. The first-order chi connectivity index (χ1) is 49.4. The van der Waals surface area contributed by atoms with Crippen LogP contribution in [-0.4, -0.2) is 14.1 Å². The minimum Gasteiger partial charge on any atom is -0.344 e. The highest BCUT2D eigenvalue weighted by atomic mass is 15.1. The molecule has 474 valence electrons. The first-order valence-corrected chi connectivity index (χ1v) is 34.3. The molecule has 0 saturated carbocycles. The third-order valence-electron chi connectivity index (χ3n) is 19.9. The zero-order valence-corrected chi connectivity index (χ0v) is 55.7. The van der Waals surface area contributed by atoms with Crippen molar-refractivity contribution in [2.45, 2.75) is 0 Å². The summed E-state index contributed by atoms with van der Waals surface area (Å²) in [6, 6.07) is 140. The molecule has 0 aliphatic rings. The summed E-state index contributed by atoms with van der Waals surface area (Å²) in [6.45, 7) is 0. The Morgan fingerprint density at radius 3 is 0.960 bits per heavy atom. The number of anilines is 10. The Balaban J connectivity index is 0.000000151. The topological polar surface area (TPSA) is 13.0 Å². The predicted octanol–water partition coefficient (Wildman–Crippen LogP) is 26.9. The molecule has 0 aliphatic heterocycles. The lowest BCUT2D eigenvalue weighted by molar-refractivity contribution is 1.22. The molecule has 0 saturated heterocycles. The van der Waals surface area contributed by atoms with E-state index in [1.165, 1.54) is 121 Å². The normalized spacial score (nSPS) is 11.3. The largest absolute Gasteiger partial charge is 0.344 e. The number of nitrogens with zero attached hydrogens (tertiary/aromatic N) is 4. The van der Waals surface area contributed by atoms with Crippen LogP contribution in [0.2, 0.25) is 0 Å². The molecule has 0 bridgehead atoms. The summed E-state index contributed by atoms with van der Waals surface area (Å²) in [4.78, 5) is 9.26. The lowest BCUT2D eigenvalue weighted by atomic mass is 9.89. The average Bonchev–Trinajstić information content (AvgIpc) is 0.718. The van der Waals surface area contributed by atoms with E-state index in [2.05, 4.69) is 422 Å². The number of hydrogen-bond donors (Lipinski definition) is 0. The molecular weight excluding hydrogens is 1210 g/mol. The number of para-hydroxylation sites is 2. The van der Waals surface area contributed by atoms with Crippen molar-refractivity contribution in [1.82, 2.24) is 0 Å². The number of fused-ring (bicyclic) bond motifs is 5. The van der Waals surface area contributed by atoms with Gasteiger partial charge in [0.05, 0.1) is 0 Å². The minimum absolute atomic E-state index is 1.11. The lowest BCUT2D eigenvalue weighted by Crippen LogP contribution is -2.10. The van der Waals surface area contributed by atoms with Gasteiger partial charge in [-0.15, -0.1) is 0 Å². The van der Waals surface area contributed by atoms with E-state index < -0.39 is 0 Å². The van der Waals surface area contributed by atoms with E-state index in [-0.39, 0.29) is 0 Å². The fourth-order valence-electron chi connectivity index (χ4n) is 14.8. The molecule has 18 aromatic carbocycles. The lowest BCUT2D eigenvalue weighted by Gasteiger charge is -2.26. The number of hydrogen-bond acceptors (Lipinski definition) is 4. The monoisotopic (exact) mass is 1280 g/mol. The maximum absolute atomic E-state index is 2.33. The molecule has 0 aliphatic carbocycles. The van der Waals surface area contributed by atoms with Gasteiger partial charge in [-0.1, -0.05) is 279 Å². The van der Waals surface area contributed by atoms with Crippen LogP contribution in [0.3, 0.4) is 0 Å². The first-order valence-electron chi connectivity index (χ1n) is 34.3. The zero-order chi connectivity index (χ0) is 66.9. The molecule has 0 atom stereocenters. The van der Waals surface area contributed by atoms with Gasteiger partial charge in [0.25, 0.3) is 0 Å². The van der Waals surface area contributed by atoms with E-state index in [0.717, 1.165) is 45.5 Å². The molecule has 18 aromatic rings. The maximum Gasteiger partial charge on any atom is 0.0494 e.